The number of ketones is 1. The maximum atomic E-state index is 11.9. The van der Waals surface area contributed by atoms with Gasteiger partial charge in [0.05, 0.1) is 0 Å². The molecule has 0 fully saturated rings. The lowest BCUT2D eigenvalue weighted by Crippen LogP contribution is -2.24. The number of Topliss-reactive ketones (excluding diaryl/α,β-unsaturated/α-hetero) is 1. The minimum absolute atomic E-state index is 0.144. The smallest absolute Gasteiger partial charge is 0.138 e. The van der Waals surface area contributed by atoms with Gasteiger partial charge in [-0.2, -0.15) is 0 Å². The summed E-state index contributed by atoms with van der Waals surface area (Å²) >= 11 is 0. The fraction of sp³-hybridized carbons (Fsp3) is 0.467. The van der Waals surface area contributed by atoms with Gasteiger partial charge in [0.1, 0.15) is 12.1 Å². The van der Waals surface area contributed by atoms with E-state index in [0.29, 0.717) is 12.8 Å². The van der Waals surface area contributed by atoms with Gasteiger partial charge >= 0.3 is 0 Å². The lowest BCUT2D eigenvalue weighted by Gasteiger charge is -2.19. The second-order valence-electron chi connectivity index (χ2n) is 5.46. The highest BCUT2D eigenvalue weighted by Gasteiger charge is 2.24. The molecule has 0 aromatic heterocycles. The lowest BCUT2D eigenvalue weighted by molar-refractivity contribution is -0.129. The third kappa shape index (κ3) is 4.51. The van der Waals surface area contributed by atoms with Gasteiger partial charge in [0.25, 0.3) is 0 Å². The SMILES string of the molecule is CC(C)(C)C(=O)CC(C=O)Cc1ccccc1. The molecule has 0 amide bonds. The molecule has 0 bridgehead atoms. The maximum absolute atomic E-state index is 11.9. The van der Waals surface area contributed by atoms with E-state index in [1.165, 1.54) is 0 Å². The van der Waals surface area contributed by atoms with Crippen molar-refractivity contribution in [1.82, 2.24) is 0 Å². The van der Waals surface area contributed by atoms with Gasteiger partial charge < -0.3 is 4.79 Å². The average Bonchev–Trinajstić information content (AvgIpc) is 2.28. The van der Waals surface area contributed by atoms with Gasteiger partial charge in [-0.25, -0.2) is 0 Å². The van der Waals surface area contributed by atoms with Crippen molar-refractivity contribution in [2.45, 2.75) is 33.6 Å². The largest absolute Gasteiger partial charge is 0.303 e. The van der Waals surface area contributed by atoms with Crippen molar-refractivity contribution in [2.75, 3.05) is 0 Å². The number of hydrogen-bond acceptors (Lipinski definition) is 2. The Morgan fingerprint density at radius 2 is 1.82 bits per heavy atom. The monoisotopic (exact) mass is 232 g/mol. The second kappa shape index (κ2) is 5.76. The highest BCUT2D eigenvalue weighted by Crippen LogP contribution is 2.21. The predicted octanol–water partition coefficient (Wildman–Crippen LogP) is 3.05. The first-order valence-electron chi connectivity index (χ1n) is 5.96. The van der Waals surface area contributed by atoms with Crippen molar-refractivity contribution in [3.63, 3.8) is 0 Å². The molecule has 1 atom stereocenters. The molecular weight excluding hydrogens is 212 g/mol. The topological polar surface area (TPSA) is 34.1 Å². The fourth-order valence-corrected chi connectivity index (χ4v) is 1.63. The quantitative estimate of drug-likeness (QED) is 0.731. The zero-order valence-electron chi connectivity index (χ0n) is 10.8. The predicted molar refractivity (Wildman–Crippen MR) is 68.8 cm³/mol. The highest BCUT2D eigenvalue weighted by molar-refractivity contribution is 5.85. The van der Waals surface area contributed by atoms with E-state index in [-0.39, 0.29) is 17.1 Å². The molecule has 0 radical (unpaired) electrons. The van der Waals surface area contributed by atoms with Gasteiger partial charge in [-0.1, -0.05) is 51.1 Å². The molecule has 2 nitrogen and oxygen atoms in total. The Hall–Kier alpha value is -1.44. The van der Waals surface area contributed by atoms with Crippen molar-refractivity contribution >= 4 is 12.1 Å². The Morgan fingerprint density at radius 3 is 2.29 bits per heavy atom. The average molecular weight is 232 g/mol. The van der Waals surface area contributed by atoms with E-state index in [2.05, 4.69) is 0 Å². The number of hydrogen-bond donors (Lipinski definition) is 0. The van der Waals surface area contributed by atoms with Crippen LogP contribution >= 0.6 is 0 Å². The standard InChI is InChI=1S/C15H20O2/c1-15(2,3)14(17)10-13(11-16)9-12-7-5-4-6-8-12/h4-8,11,13H,9-10H2,1-3H3. The molecule has 1 aromatic rings. The first kappa shape index (κ1) is 13.6. The third-order valence-electron chi connectivity index (χ3n) is 2.82. The van der Waals surface area contributed by atoms with E-state index in [1.54, 1.807) is 0 Å². The molecule has 0 aliphatic heterocycles. The summed E-state index contributed by atoms with van der Waals surface area (Å²) in [6, 6.07) is 9.81. The van der Waals surface area contributed by atoms with Gasteiger partial charge in [0.15, 0.2) is 0 Å². The van der Waals surface area contributed by atoms with Crippen molar-refractivity contribution in [2.24, 2.45) is 11.3 Å². The van der Waals surface area contributed by atoms with E-state index >= 15 is 0 Å². The normalized spacial score (nSPS) is 13.1. The van der Waals surface area contributed by atoms with Crippen LogP contribution in [0.25, 0.3) is 0 Å². The van der Waals surface area contributed by atoms with Gasteiger partial charge in [0, 0.05) is 17.8 Å². The van der Waals surface area contributed by atoms with Crippen LogP contribution in [0.2, 0.25) is 0 Å². The fourth-order valence-electron chi connectivity index (χ4n) is 1.63. The van der Waals surface area contributed by atoms with Gasteiger partial charge in [0.2, 0.25) is 0 Å². The van der Waals surface area contributed by atoms with Crippen LogP contribution in [0.4, 0.5) is 0 Å². The summed E-state index contributed by atoms with van der Waals surface area (Å²) in [6.07, 6.45) is 1.88. The molecular formula is C15H20O2. The van der Waals surface area contributed by atoms with Crippen LogP contribution in [0.5, 0.6) is 0 Å². The zero-order chi connectivity index (χ0) is 12.9. The van der Waals surface area contributed by atoms with Gasteiger partial charge in [-0.3, -0.25) is 4.79 Å². The van der Waals surface area contributed by atoms with E-state index in [4.69, 9.17) is 0 Å². The molecule has 0 heterocycles. The first-order chi connectivity index (χ1) is 7.93. The molecule has 0 aliphatic carbocycles. The van der Waals surface area contributed by atoms with Gasteiger partial charge in [-0.05, 0) is 12.0 Å². The molecule has 1 unspecified atom stereocenters. The molecule has 0 saturated heterocycles. The van der Waals surface area contributed by atoms with Crippen molar-refractivity contribution < 1.29 is 9.59 Å². The molecule has 0 spiro atoms. The van der Waals surface area contributed by atoms with Crippen LogP contribution in [0.15, 0.2) is 30.3 Å². The summed E-state index contributed by atoms with van der Waals surface area (Å²) < 4.78 is 0. The second-order valence-corrected chi connectivity index (χ2v) is 5.46. The summed E-state index contributed by atoms with van der Waals surface area (Å²) in [4.78, 5) is 22.9. The summed E-state index contributed by atoms with van der Waals surface area (Å²) in [5, 5.41) is 0. The molecule has 2 heteroatoms. The van der Waals surface area contributed by atoms with E-state index in [1.807, 2.05) is 51.1 Å². The van der Waals surface area contributed by atoms with Crippen LogP contribution < -0.4 is 0 Å². The highest BCUT2D eigenvalue weighted by atomic mass is 16.1. The number of carbonyl (C=O) groups is 2. The van der Waals surface area contributed by atoms with E-state index in [0.717, 1.165) is 11.8 Å². The lowest BCUT2D eigenvalue weighted by atomic mass is 9.84. The van der Waals surface area contributed by atoms with Crippen molar-refractivity contribution in [3.05, 3.63) is 35.9 Å². The Kier molecular flexibility index (Phi) is 4.62. The van der Waals surface area contributed by atoms with Crippen LogP contribution in [-0.2, 0) is 16.0 Å². The third-order valence-corrected chi connectivity index (χ3v) is 2.82. The number of benzene rings is 1. The van der Waals surface area contributed by atoms with Crippen LogP contribution in [-0.4, -0.2) is 12.1 Å². The summed E-state index contributed by atoms with van der Waals surface area (Å²) in [7, 11) is 0. The number of rotatable bonds is 5. The Labute approximate surface area is 103 Å². The maximum Gasteiger partial charge on any atom is 0.138 e. The zero-order valence-corrected chi connectivity index (χ0v) is 10.8. The first-order valence-corrected chi connectivity index (χ1v) is 5.96. The minimum Gasteiger partial charge on any atom is -0.303 e. The Bertz CT molecular complexity index is 374. The molecule has 17 heavy (non-hydrogen) atoms. The molecule has 0 aliphatic rings. The van der Waals surface area contributed by atoms with Crippen molar-refractivity contribution in [1.29, 1.82) is 0 Å². The van der Waals surface area contributed by atoms with Crippen LogP contribution in [0.3, 0.4) is 0 Å². The number of carbonyl (C=O) groups excluding carboxylic acids is 2. The molecule has 1 rings (SSSR count). The molecule has 1 aromatic carbocycles. The molecule has 92 valence electrons. The summed E-state index contributed by atoms with van der Waals surface area (Å²) in [6.45, 7) is 5.67. The van der Waals surface area contributed by atoms with E-state index < -0.39 is 0 Å². The Morgan fingerprint density at radius 1 is 1.24 bits per heavy atom. The molecule has 0 saturated carbocycles. The molecule has 0 N–H and O–H groups in total. The van der Waals surface area contributed by atoms with Crippen LogP contribution in [0.1, 0.15) is 32.8 Å². The summed E-state index contributed by atoms with van der Waals surface area (Å²) in [5.41, 5.74) is 0.740. The van der Waals surface area contributed by atoms with Crippen molar-refractivity contribution in [3.8, 4) is 0 Å². The minimum atomic E-state index is -0.363. The van der Waals surface area contributed by atoms with Gasteiger partial charge in [-0.15, -0.1) is 0 Å². The number of aldehydes is 1. The summed E-state index contributed by atoms with van der Waals surface area (Å²) in [5.74, 6) is -0.0605. The van der Waals surface area contributed by atoms with E-state index in [9.17, 15) is 9.59 Å². The Balaban J connectivity index is 2.62. The van der Waals surface area contributed by atoms with Crippen LogP contribution in [0, 0.1) is 11.3 Å².